The molecule has 13 heavy (non-hydrogen) atoms. The van der Waals surface area contributed by atoms with E-state index in [4.69, 9.17) is 5.11 Å². The Labute approximate surface area is 83.9 Å². The molecule has 2 N–H and O–H groups in total. The highest BCUT2D eigenvalue weighted by molar-refractivity contribution is 9.10. The highest BCUT2D eigenvalue weighted by atomic mass is 79.9. The monoisotopic (exact) mass is 241 g/mol. The molecule has 4 heteroatoms. The van der Waals surface area contributed by atoms with Gasteiger partial charge in [0.15, 0.2) is 0 Å². The van der Waals surface area contributed by atoms with E-state index in [0.29, 0.717) is 6.42 Å². The van der Waals surface area contributed by atoms with Crippen LogP contribution in [0.3, 0.4) is 0 Å². The van der Waals surface area contributed by atoms with Crippen molar-refractivity contribution >= 4 is 27.6 Å². The average Bonchev–Trinajstić information content (AvgIpc) is 2.49. The molecule has 2 rings (SSSR count). The Hall–Kier alpha value is -1.03. The standard InChI is InChI=1S/C9H8BrNO2/c10-6-2-1-3-7-5(6)4-8(11-7)9(12)13/h1-3,8,11H,4H2,(H,12,13)/t8-/m0/s1. The van der Waals surface area contributed by atoms with Crippen molar-refractivity contribution in [2.45, 2.75) is 12.5 Å². The smallest absolute Gasteiger partial charge is 0.326 e. The van der Waals surface area contributed by atoms with Gasteiger partial charge in [-0.05, 0) is 17.7 Å². The molecule has 0 amide bonds. The van der Waals surface area contributed by atoms with Gasteiger partial charge in [-0.15, -0.1) is 0 Å². The maximum Gasteiger partial charge on any atom is 0.326 e. The van der Waals surface area contributed by atoms with E-state index in [-0.39, 0.29) is 0 Å². The van der Waals surface area contributed by atoms with Gasteiger partial charge in [0.05, 0.1) is 0 Å². The summed E-state index contributed by atoms with van der Waals surface area (Å²) in [4.78, 5) is 10.7. The van der Waals surface area contributed by atoms with Crippen molar-refractivity contribution in [2.24, 2.45) is 0 Å². The normalized spacial score (nSPS) is 19.3. The third kappa shape index (κ3) is 1.42. The summed E-state index contributed by atoms with van der Waals surface area (Å²) in [6.45, 7) is 0. The number of carbonyl (C=O) groups is 1. The number of carboxylic acid groups (broad SMARTS) is 1. The number of anilines is 1. The van der Waals surface area contributed by atoms with Crippen LogP contribution in [-0.2, 0) is 11.2 Å². The number of hydrogen-bond donors (Lipinski definition) is 2. The first-order chi connectivity index (χ1) is 6.18. The molecule has 1 aliphatic rings. The van der Waals surface area contributed by atoms with E-state index in [1.54, 1.807) is 0 Å². The molecule has 0 saturated carbocycles. The number of rotatable bonds is 1. The van der Waals surface area contributed by atoms with E-state index in [1.807, 2.05) is 18.2 Å². The second-order valence-electron chi connectivity index (χ2n) is 3.01. The Morgan fingerprint density at radius 3 is 3.00 bits per heavy atom. The number of aliphatic carboxylic acids is 1. The summed E-state index contributed by atoms with van der Waals surface area (Å²) in [6.07, 6.45) is 0.548. The van der Waals surface area contributed by atoms with Gasteiger partial charge in [0.1, 0.15) is 6.04 Å². The first-order valence-corrected chi connectivity index (χ1v) is 4.74. The van der Waals surface area contributed by atoms with Gasteiger partial charge >= 0.3 is 5.97 Å². The van der Waals surface area contributed by atoms with Crippen molar-refractivity contribution in [1.29, 1.82) is 0 Å². The lowest BCUT2D eigenvalue weighted by Gasteiger charge is -2.03. The number of halogens is 1. The van der Waals surface area contributed by atoms with Crippen LogP contribution in [0.1, 0.15) is 5.56 Å². The van der Waals surface area contributed by atoms with Crippen molar-refractivity contribution in [2.75, 3.05) is 5.32 Å². The number of nitrogens with one attached hydrogen (secondary N) is 1. The number of hydrogen-bond acceptors (Lipinski definition) is 2. The van der Waals surface area contributed by atoms with E-state index in [9.17, 15) is 4.79 Å². The molecule has 0 radical (unpaired) electrons. The topological polar surface area (TPSA) is 49.3 Å². The lowest BCUT2D eigenvalue weighted by Crippen LogP contribution is -2.26. The Bertz CT molecular complexity index is 365. The van der Waals surface area contributed by atoms with E-state index in [2.05, 4.69) is 21.2 Å². The van der Waals surface area contributed by atoms with Crippen LogP contribution in [0.25, 0.3) is 0 Å². The molecule has 0 fully saturated rings. The summed E-state index contributed by atoms with van der Waals surface area (Å²) in [6, 6.07) is 5.22. The summed E-state index contributed by atoms with van der Waals surface area (Å²) < 4.78 is 0.973. The fourth-order valence-electron chi connectivity index (χ4n) is 1.49. The first kappa shape index (κ1) is 8.56. The van der Waals surface area contributed by atoms with Gasteiger partial charge in [0, 0.05) is 16.6 Å². The van der Waals surface area contributed by atoms with E-state index >= 15 is 0 Å². The van der Waals surface area contributed by atoms with Gasteiger partial charge in [-0.2, -0.15) is 0 Å². The fourth-order valence-corrected chi connectivity index (χ4v) is 2.02. The molecule has 1 atom stereocenters. The van der Waals surface area contributed by atoms with Crippen molar-refractivity contribution in [3.8, 4) is 0 Å². The maximum atomic E-state index is 10.7. The molecule has 0 unspecified atom stereocenters. The zero-order valence-electron chi connectivity index (χ0n) is 6.75. The number of fused-ring (bicyclic) bond motifs is 1. The van der Waals surface area contributed by atoms with E-state index in [0.717, 1.165) is 15.7 Å². The van der Waals surface area contributed by atoms with Crippen LogP contribution in [0.4, 0.5) is 5.69 Å². The molecule has 1 aromatic carbocycles. The predicted octanol–water partition coefficient (Wildman–Crippen LogP) is 1.87. The minimum absolute atomic E-state index is 0.478. The highest BCUT2D eigenvalue weighted by Gasteiger charge is 2.27. The van der Waals surface area contributed by atoms with Crippen LogP contribution in [-0.4, -0.2) is 17.1 Å². The lowest BCUT2D eigenvalue weighted by molar-refractivity contribution is -0.137. The molecular weight excluding hydrogens is 234 g/mol. The third-order valence-electron chi connectivity index (χ3n) is 2.15. The molecule has 0 bridgehead atoms. The number of carboxylic acids is 1. The van der Waals surface area contributed by atoms with Crippen LogP contribution >= 0.6 is 15.9 Å². The molecule has 1 heterocycles. The minimum Gasteiger partial charge on any atom is -0.480 e. The average molecular weight is 242 g/mol. The van der Waals surface area contributed by atoms with Gasteiger partial charge in [-0.1, -0.05) is 22.0 Å². The van der Waals surface area contributed by atoms with Crippen LogP contribution in [0.15, 0.2) is 22.7 Å². The maximum absolute atomic E-state index is 10.7. The van der Waals surface area contributed by atoms with Gasteiger partial charge in [0.2, 0.25) is 0 Å². The van der Waals surface area contributed by atoms with Gasteiger partial charge < -0.3 is 10.4 Å². The molecule has 3 nitrogen and oxygen atoms in total. The SMILES string of the molecule is O=C(O)[C@@H]1Cc2c(Br)cccc2N1. The summed E-state index contributed by atoms with van der Waals surface area (Å²) in [5.74, 6) is -0.803. The Morgan fingerprint density at radius 1 is 1.62 bits per heavy atom. The second-order valence-corrected chi connectivity index (χ2v) is 3.86. The summed E-state index contributed by atoms with van der Waals surface area (Å²) in [5, 5.41) is 11.7. The van der Waals surface area contributed by atoms with Gasteiger partial charge in [-0.25, -0.2) is 4.79 Å². The lowest BCUT2D eigenvalue weighted by atomic mass is 10.1. The van der Waals surface area contributed by atoms with Crippen LogP contribution in [0.2, 0.25) is 0 Å². The molecule has 0 saturated heterocycles. The van der Waals surface area contributed by atoms with Crippen molar-refractivity contribution in [1.82, 2.24) is 0 Å². The largest absolute Gasteiger partial charge is 0.480 e. The zero-order chi connectivity index (χ0) is 9.42. The van der Waals surface area contributed by atoms with Crippen molar-refractivity contribution in [3.05, 3.63) is 28.2 Å². The van der Waals surface area contributed by atoms with Gasteiger partial charge in [-0.3, -0.25) is 0 Å². The van der Waals surface area contributed by atoms with Crippen molar-refractivity contribution in [3.63, 3.8) is 0 Å². The first-order valence-electron chi connectivity index (χ1n) is 3.95. The van der Waals surface area contributed by atoms with Crippen LogP contribution < -0.4 is 5.32 Å². The molecule has 68 valence electrons. The Balaban J connectivity index is 2.35. The second kappa shape index (κ2) is 3.03. The molecule has 0 aromatic heterocycles. The summed E-state index contributed by atoms with van der Waals surface area (Å²) >= 11 is 3.39. The molecule has 0 spiro atoms. The Kier molecular flexibility index (Phi) is 2.00. The predicted molar refractivity (Wildman–Crippen MR) is 52.9 cm³/mol. The molecular formula is C9H8BrNO2. The van der Waals surface area contributed by atoms with E-state index < -0.39 is 12.0 Å². The molecule has 1 aromatic rings. The van der Waals surface area contributed by atoms with E-state index in [1.165, 1.54) is 0 Å². The number of benzene rings is 1. The highest BCUT2D eigenvalue weighted by Crippen LogP contribution is 2.31. The summed E-state index contributed by atoms with van der Waals surface area (Å²) in [5.41, 5.74) is 1.97. The van der Waals surface area contributed by atoms with Crippen molar-refractivity contribution < 1.29 is 9.90 Å². The Morgan fingerprint density at radius 2 is 2.38 bits per heavy atom. The zero-order valence-corrected chi connectivity index (χ0v) is 8.34. The molecule has 0 aliphatic carbocycles. The summed E-state index contributed by atoms with van der Waals surface area (Å²) in [7, 11) is 0. The van der Waals surface area contributed by atoms with Crippen LogP contribution in [0, 0.1) is 0 Å². The fraction of sp³-hybridized carbons (Fsp3) is 0.222. The van der Waals surface area contributed by atoms with Crippen LogP contribution in [0.5, 0.6) is 0 Å². The minimum atomic E-state index is -0.803. The molecule has 1 aliphatic heterocycles. The quantitative estimate of drug-likeness (QED) is 0.790. The van der Waals surface area contributed by atoms with Gasteiger partial charge in [0.25, 0.3) is 0 Å². The third-order valence-corrected chi connectivity index (χ3v) is 2.90.